The first-order chi connectivity index (χ1) is 11.9. The molecule has 0 fully saturated rings. The van der Waals surface area contributed by atoms with Crippen LogP contribution in [0.15, 0.2) is 48.5 Å². The molecule has 0 bridgehead atoms. The Balaban J connectivity index is 2.26. The molecule has 2 atom stereocenters. The van der Waals surface area contributed by atoms with Crippen LogP contribution in [0, 0.1) is 11.6 Å². The minimum Gasteiger partial charge on any atom is -0.341 e. The second kappa shape index (κ2) is 8.34. The molecule has 0 aromatic heterocycles. The van der Waals surface area contributed by atoms with Gasteiger partial charge >= 0.3 is 6.03 Å². The largest absolute Gasteiger partial charge is 0.341 e. The van der Waals surface area contributed by atoms with E-state index in [1.165, 1.54) is 19.2 Å². The van der Waals surface area contributed by atoms with Crippen LogP contribution in [0.4, 0.5) is 13.6 Å². The van der Waals surface area contributed by atoms with Crippen molar-refractivity contribution in [1.29, 1.82) is 0 Å². The molecule has 0 saturated heterocycles. The Morgan fingerprint density at radius 3 is 2.36 bits per heavy atom. The summed E-state index contributed by atoms with van der Waals surface area (Å²) in [5, 5.41) is 6.18. The molecule has 0 saturated carbocycles. The smallest absolute Gasteiger partial charge is 0.321 e. The zero-order valence-electron chi connectivity index (χ0n) is 13.9. The molecule has 0 heterocycles. The lowest BCUT2D eigenvalue weighted by Crippen LogP contribution is -2.88. The SMILES string of the molecule is CNC(=O)NC(=O)[C@H]([NH2+][C@@H](C)c1ccc(F)cc1F)c1ccccc1. The Morgan fingerprint density at radius 2 is 1.76 bits per heavy atom. The lowest BCUT2D eigenvalue weighted by Gasteiger charge is -2.20. The number of hydrogen-bond acceptors (Lipinski definition) is 2. The van der Waals surface area contributed by atoms with Gasteiger partial charge in [-0.2, -0.15) is 0 Å². The van der Waals surface area contributed by atoms with Crippen LogP contribution in [-0.2, 0) is 4.79 Å². The van der Waals surface area contributed by atoms with Gasteiger partial charge in [0.2, 0.25) is 0 Å². The van der Waals surface area contributed by atoms with Crippen molar-refractivity contribution >= 4 is 11.9 Å². The van der Waals surface area contributed by atoms with Crippen LogP contribution in [0.3, 0.4) is 0 Å². The number of rotatable bonds is 5. The average molecular weight is 348 g/mol. The predicted octanol–water partition coefficient (Wildman–Crippen LogP) is 1.79. The van der Waals surface area contributed by atoms with E-state index < -0.39 is 35.7 Å². The summed E-state index contributed by atoms with van der Waals surface area (Å²) in [5.41, 5.74) is 0.938. The number of nitrogens with one attached hydrogen (secondary N) is 2. The first kappa shape index (κ1) is 18.5. The Bertz CT molecular complexity index is 753. The topological polar surface area (TPSA) is 74.8 Å². The molecule has 2 aromatic carbocycles. The van der Waals surface area contributed by atoms with Gasteiger partial charge in [0.15, 0.2) is 6.04 Å². The summed E-state index contributed by atoms with van der Waals surface area (Å²) in [5.74, 6) is -1.87. The van der Waals surface area contributed by atoms with Gasteiger partial charge in [0, 0.05) is 24.2 Å². The van der Waals surface area contributed by atoms with E-state index >= 15 is 0 Å². The van der Waals surface area contributed by atoms with Gasteiger partial charge in [-0.15, -0.1) is 0 Å². The molecule has 2 aromatic rings. The zero-order chi connectivity index (χ0) is 18.4. The molecule has 0 aliphatic carbocycles. The standard InChI is InChI=1S/C18H19F2N3O2/c1-11(14-9-8-13(19)10-15(14)20)22-16(12-6-4-3-5-7-12)17(24)23-18(25)21-2/h3-11,16,22H,1-2H3,(H2,21,23,24,25)/p+1/t11-,16+/m0/s1. The quantitative estimate of drug-likeness (QED) is 0.771. The van der Waals surface area contributed by atoms with Crippen LogP contribution in [0.5, 0.6) is 0 Å². The molecule has 2 rings (SSSR count). The second-order valence-corrected chi connectivity index (χ2v) is 5.60. The third kappa shape index (κ3) is 4.84. The van der Waals surface area contributed by atoms with Gasteiger partial charge in [-0.05, 0) is 19.1 Å². The van der Waals surface area contributed by atoms with Crippen molar-refractivity contribution in [2.45, 2.75) is 19.0 Å². The third-order valence-electron chi connectivity index (χ3n) is 3.84. The van der Waals surface area contributed by atoms with Gasteiger partial charge in [-0.1, -0.05) is 30.3 Å². The first-order valence-electron chi connectivity index (χ1n) is 7.79. The molecule has 25 heavy (non-hydrogen) atoms. The summed E-state index contributed by atoms with van der Waals surface area (Å²) in [4.78, 5) is 23.9. The van der Waals surface area contributed by atoms with Crippen LogP contribution in [0.25, 0.3) is 0 Å². The van der Waals surface area contributed by atoms with Gasteiger partial charge in [0.25, 0.3) is 5.91 Å². The summed E-state index contributed by atoms with van der Waals surface area (Å²) in [6.45, 7) is 1.71. The van der Waals surface area contributed by atoms with Gasteiger partial charge in [0.05, 0.1) is 0 Å². The fraction of sp³-hybridized carbons (Fsp3) is 0.222. The number of amides is 3. The van der Waals surface area contributed by atoms with E-state index in [0.717, 1.165) is 6.07 Å². The van der Waals surface area contributed by atoms with Crippen LogP contribution in [0.1, 0.15) is 30.1 Å². The van der Waals surface area contributed by atoms with Gasteiger partial charge in [0.1, 0.15) is 17.7 Å². The lowest BCUT2D eigenvalue weighted by atomic mass is 10.0. The van der Waals surface area contributed by atoms with Crippen LogP contribution in [-0.4, -0.2) is 19.0 Å². The fourth-order valence-electron chi connectivity index (χ4n) is 2.53. The molecule has 3 amide bonds. The number of carbonyl (C=O) groups is 2. The van der Waals surface area contributed by atoms with Gasteiger partial charge in [-0.25, -0.2) is 13.6 Å². The van der Waals surface area contributed by atoms with E-state index in [1.807, 2.05) is 0 Å². The summed E-state index contributed by atoms with van der Waals surface area (Å²) < 4.78 is 27.1. The van der Waals surface area contributed by atoms with Gasteiger partial charge in [-0.3, -0.25) is 10.1 Å². The monoisotopic (exact) mass is 348 g/mol. The summed E-state index contributed by atoms with van der Waals surface area (Å²) in [6, 6.07) is 10.3. The molecule has 7 heteroatoms. The molecule has 4 N–H and O–H groups in total. The zero-order valence-corrected chi connectivity index (χ0v) is 13.9. The van der Waals surface area contributed by atoms with Crippen molar-refractivity contribution in [3.63, 3.8) is 0 Å². The van der Waals surface area contributed by atoms with E-state index in [9.17, 15) is 18.4 Å². The number of carbonyl (C=O) groups excluding carboxylic acids is 2. The minimum absolute atomic E-state index is 0.273. The summed E-state index contributed by atoms with van der Waals surface area (Å²) in [6.07, 6.45) is 0. The van der Waals surface area contributed by atoms with Crippen molar-refractivity contribution in [3.8, 4) is 0 Å². The van der Waals surface area contributed by atoms with Crippen molar-refractivity contribution in [2.75, 3.05) is 7.05 Å². The maximum absolute atomic E-state index is 14.0. The average Bonchev–Trinajstić information content (AvgIpc) is 2.59. The highest BCUT2D eigenvalue weighted by atomic mass is 19.1. The predicted molar refractivity (Wildman–Crippen MR) is 88.5 cm³/mol. The van der Waals surface area contributed by atoms with Gasteiger partial charge < -0.3 is 10.6 Å². The molecule has 0 spiro atoms. The molecule has 132 valence electrons. The Hall–Kier alpha value is -2.80. The van der Waals surface area contributed by atoms with E-state index in [2.05, 4.69) is 10.6 Å². The van der Waals surface area contributed by atoms with Crippen molar-refractivity contribution < 1.29 is 23.7 Å². The number of nitrogens with two attached hydrogens (primary N) is 1. The number of halogens is 2. The number of benzene rings is 2. The van der Waals surface area contributed by atoms with Crippen molar-refractivity contribution in [3.05, 3.63) is 71.3 Å². The van der Waals surface area contributed by atoms with Crippen LogP contribution < -0.4 is 16.0 Å². The highest BCUT2D eigenvalue weighted by molar-refractivity contribution is 5.96. The fourth-order valence-corrected chi connectivity index (χ4v) is 2.53. The number of imide groups is 1. The lowest BCUT2D eigenvalue weighted by molar-refractivity contribution is -0.719. The maximum Gasteiger partial charge on any atom is 0.321 e. The normalized spacial score (nSPS) is 13.0. The number of hydrogen-bond donors (Lipinski definition) is 3. The van der Waals surface area contributed by atoms with Crippen molar-refractivity contribution in [2.24, 2.45) is 0 Å². The maximum atomic E-state index is 14.0. The summed E-state index contributed by atoms with van der Waals surface area (Å²) >= 11 is 0. The molecule has 0 radical (unpaired) electrons. The van der Waals surface area contributed by atoms with E-state index in [-0.39, 0.29) is 5.56 Å². The number of urea groups is 1. The van der Waals surface area contributed by atoms with Crippen LogP contribution >= 0.6 is 0 Å². The number of quaternary nitrogens is 1. The molecule has 5 nitrogen and oxygen atoms in total. The summed E-state index contributed by atoms with van der Waals surface area (Å²) in [7, 11) is 1.40. The molecule has 0 aliphatic rings. The first-order valence-corrected chi connectivity index (χ1v) is 7.79. The molecule has 0 unspecified atom stereocenters. The van der Waals surface area contributed by atoms with Crippen LogP contribution in [0.2, 0.25) is 0 Å². The van der Waals surface area contributed by atoms with Crippen molar-refractivity contribution in [1.82, 2.24) is 10.6 Å². The molecular formula is C18H20F2N3O2+. The van der Waals surface area contributed by atoms with E-state index in [0.29, 0.717) is 5.56 Å². The third-order valence-corrected chi connectivity index (χ3v) is 3.84. The molecule has 0 aliphatic heterocycles. The Kier molecular flexibility index (Phi) is 6.19. The Morgan fingerprint density at radius 1 is 1.08 bits per heavy atom. The highest BCUT2D eigenvalue weighted by Crippen LogP contribution is 2.17. The van der Waals surface area contributed by atoms with E-state index in [1.54, 1.807) is 42.6 Å². The second-order valence-electron chi connectivity index (χ2n) is 5.60. The van der Waals surface area contributed by atoms with E-state index in [4.69, 9.17) is 0 Å². The Labute approximate surface area is 144 Å². The molecular weight excluding hydrogens is 328 g/mol. The highest BCUT2D eigenvalue weighted by Gasteiger charge is 2.29. The minimum atomic E-state index is -0.766.